The Morgan fingerprint density at radius 1 is 1.31 bits per heavy atom. The van der Waals surface area contributed by atoms with Gasteiger partial charge in [-0.25, -0.2) is 13.1 Å². The average Bonchev–Trinajstić information content (AvgIpc) is 2.07. The van der Waals surface area contributed by atoms with Crippen molar-refractivity contribution in [1.29, 1.82) is 0 Å². The number of hydrogen-bond donors (Lipinski definition) is 2. The van der Waals surface area contributed by atoms with Crippen molar-refractivity contribution in [2.24, 2.45) is 11.3 Å². The summed E-state index contributed by atoms with van der Waals surface area (Å²) in [4.78, 5) is 0. The average molecular weight is 249 g/mol. The van der Waals surface area contributed by atoms with Gasteiger partial charge < -0.3 is 5.11 Å². The van der Waals surface area contributed by atoms with Crippen molar-refractivity contribution in [2.45, 2.75) is 46.1 Å². The Hall–Kier alpha value is -0.130. The van der Waals surface area contributed by atoms with Crippen LogP contribution in [0.1, 0.15) is 40.0 Å². The van der Waals surface area contributed by atoms with Crippen molar-refractivity contribution in [3.63, 3.8) is 0 Å². The molecule has 16 heavy (non-hydrogen) atoms. The first-order chi connectivity index (χ1) is 7.18. The van der Waals surface area contributed by atoms with E-state index in [1.54, 1.807) is 0 Å². The van der Waals surface area contributed by atoms with Gasteiger partial charge in [-0.15, -0.1) is 0 Å². The zero-order valence-electron chi connectivity index (χ0n) is 10.4. The first kappa shape index (κ1) is 13.9. The van der Waals surface area contributed by atoms with E-state index in [-0.39, 0.29) is 17.3 Å². The van der Waals surface area contributed by atoms with E-state index in [0.29, 0.717) is 18.9 Å². The fourth-order valence-electron chi connectivity index (χ4n) is 1.62. The number of nitrogens with one attached hydrogen (secondary N) is 1. The first-order valence-corrected chi connectivity index (χ1v) is 7.48. The van der Waals surface area contributed by atoms with Gasteiger partial charge >= 0.3 is 0 Å². The molecule has 5 heteroatoms. The topological polar surface area (TPSA) is 66.4 Å². The summed E-state index contributed by atoms with van der Waals surface area (Å²) in [6.07, 6.45) is 1.89. The van der Waals surface area contributed by atoms with Crippen molar-refractivity contribution in [3.8, 4) is 0 Å². The summed E-state index contributed by atoms with van der Waals surface area (Å²) in [6, 6.07) is 0. The van der Waals surface area contributed by atoms with Gasteiger partial charge in [-0.2, -0.15) is 0 Å². The second-order valence-electron chi connectivity index (χ2n) is 5.97. The van der Waals surface area contributed by atoms with E-state index in [0.717, 1.165) is 12.8 Å². The number of aliphatic hydroxyl groups excluding tert-OH is 1. The Balaban J connectivity index is 2.24. The maximum Gasteiger partial charge on any atom is 0.211 e. The van der Waals surface area contributed by atoms with Crippen LogP contribution in [0.3, 0.4) is 0 Å². The molecule has 0 heterocycles. The van der Waals surface area contributed by atoms with Crippen LogP contribution in [-0.2, 0) is 10.0 Å². The lowest BCUT2D eigenvalue weighted by molar-refractivity contribution is 0.0453. The molecule has 0 atom stereocenters. The minimum absolute atomic E-state index is 0.0431. The molecule has 1 aliphatic carbocycles. The van der Waals surface area contributed by atoms with E-state index >= 15 is 0 Å². The summed E-state index contributed by atoms with van der Waals surface area (Å²) in [5, 5.41) is 9.08. The molecule has 1 aliphatic rings. The fraction of sp³-hybridized carbons (Fsp3) is 1.00. The molecule has 2 N–H and O–H groups in total. The molecule has 4 nitrogen and oxygen atoms in total. The van der Waals surface area contributed by atoms with Crippen LogP contribution in [0.25, 0.3) is 0 Å². The Labute approximate surface area is 98.5 Å². The SMILES string of the molecule is CC(C)(C)CCS(=O)(=O)NCC1CC(O)C1. The minimum atomic E-state index is -3.14. The summed E-state index contributed by atoms with van der Waals surface area (Å²) in [5.41, 5.74) is 0.0431. The van der Waals surface area contributed by atoms with Crippen LogP contribution in [0.2, 0.25) is 0 Å². The van der Waals surface area contributed by atoms with Gasteiger partial charge in [0.05, 0.1) is 11.9 Å². The monoisotopic (exact) mass is 249 g/mol. The highest BCUT2D eigenvalue weighted by molar-refractivity contribution is 7.89. The largest absolute Gasteiger partial charge is 0.393 e. The number of aliphatic hydroxyl groups is 1. The van der Waals surface area contributed by atoms with E-state index < -0.39 is 10.0 Å². The van der Waals surface area contributed by atoms with Gasteiger partial charge in [-0.1, -0.05) is 20.8 Å². The molecule has 1 saturated carbocycles. The third-order valence-electron chi connectivity index (χ3n) is 2.92. The van der Waals surface area contributed by atoms with Crippen LogP contribution in [0.5, 0.6) is 0 Å². The standard InChI is InChI=1S/C11H23NO3S/c1-11(2,3)4-5-16(14,15)12-8-9-6-10(13)7-9/h9-10,12-13H,4-8H2,1-3H3. The van der Waals surface area contributed by atoms with Crippen LogP contribution in [-0.4, -0.2) is 31.9 Å². The Morgan fingerprint density at radius 3 is 2.31 bits per heavy atom. The normalized spacial score (nSPS) is 26.5. The summed E-state index contributed by atoms with van der Waals surface area (Å²) in [5.74, 6) is 0.505. The predicted molar refractivity (Wildman–Crippen MR) is 64.6 cm³/mol. The van der Waals surface area contributed by atoms with Gasteiger partial charge in [0.1, 0.15) is 0 Å². The van der Waals surface area contributed by atoms with Crippen molar-refractivity contribution >= 4 is 10.0 Å². The first-order valence-electron chi connectivity index (χ1n) is 5.83. The van der Waals surface area contributed by atoms with Gasteiger partial charge in [-0.05, 0) is 30.6 Å². The zero-order chi connectivity index (χ0) is 12.4. The number of sulfonamides is 1. The van der Waals surface area contributed by atoms with Crippen molar-refractivity contribution in [2.75, 3.05) is 12.3 Å². The van der Waals surface area contributed by atoms with Gasteiger partial charge in [-0.3, -0.25) is 0 Å². The van der Waals surface area contributed by atoms with Crippen LogP contribution in [0.4, 0.5) is 0 Å². The van der Waals surface area contributed by atoms with Crippen LogP contribution in [0, 0.1) is 11.3 Å². The highest BCUT2D eigenvalue weighted by atomic mass is 32.2. The maximum absolute atomic E-state index is 11.6. The molecular formula is C11H23NO3S. The van der Waals surface area contributed by atoms with Gasteiger partial charge in [0.2, 0.25) is 10.0 Å². The van der Waals surface area contributed by atoms with E-state index in [9.17, 15) is 8.42 Å². The number of hydrogen-bond acceptors (Lipinski definition) is 3. The molecule has 1 fully saturated rings. The second-order valence-corrected chi connectivity index (χ2v) is 7.90. The van der Waals surface area contributed by atoms with Crippen molar-refractivity contribution in [3.05, 3.63) is 0 Å². The Kier molecular flexibility index (Phi) is 4.37. The minimum Gasteiger partial charge on any atom is -0.393 e. The highest BCUT2D eigenvalue weighted by Gasteiger charge is 2.28. The maximum atomic E-state index is 11.6. The molecule has 0 unspecified atom stereocenters. The lowest BCUT2D eigenvalue weighted by atomic mass is 9.83. The van der Waals surface area contributed by atoms with E-state index in [2.05, 4.69) is 4.72 Å². The summed E-state index contributed by atoms with van der Waals surface area (Å²) < 4.78 is 25.9. The van der Waals surface area contributed by atoms with Gasteiger partial charge in [0.15, 0.2) is 0 Å². The molecule has 1 rings (SSSR count). The molecule has 96 valence electrons. The molecular weight excluding hydrogens is 226 g/mol. The smallest absolute Gasteiger partial charge is 0.211 e. The van der Waals surface area contributed by atoms with E-state index in [1.807, 2.05) is 20.8 Å². The lowest BCUT2D eigenvalue weighted by Crippen LogP contribution is -2.39. The molecule has 0 aromatic rings. The molecule has 0 aromatic heterocycles. The predicted octanol–water partition coefficient (Wildman–Crippen LogP) is 1.11. The van der Waals surface area contributed by atoms with Crippen LogP contribution >= 0.6 is 0 Å². The molecule has 0 aromatic carbocycles. The summed E-state index contributed by atoms with van der Waals surface area (Å²) >= 11 is 0. The molecule has 0 radical (unpaired) electrons. The molecule has 0 spiro atoms. The highest BCUT2D eigenvalue weighted by Crippen LogP contribution is 2.26. The Bertz CT molecular complexity index is 313. The van der Waals surface area contributed by atoms with Gasteiger partial charge in [0.25, 0.3) is 0 Å². The summed E-state index contributed by atoms with van der Waals surface area (Å²) in [7, 11) is -3.14. The fourth-order valence-corrected chi connectivity index (χ4v) is 3.14. The quantitative estimate of drug-likeness (QED) is 0.767. The van der Waals surface area contributed by atoms with Crippen LogP contribution < -0.4 is 4.72 Å². The number of rotatable bonds is 5. The molecule has 0 bridgehead atoms. The second kappa shape index (κ2) is 5.02. The third-order valence-corrected chi connectivity index (χ3v) is 4.27. The van der Waals surface area contributed by atoms with E-state index in [1.165, 1.54) is 0 Å². The Morgan fingerprint density at radius 2 is 1.88 bits per heavy atom. The van der Waals surface area contributed by atoms with Gasteiger partial charge in [0, 0.05) is 6.54 Å². The zero-order valence-corrected chi connectivity index (χ0v) is 11.2. The van der Waals surface area contributed by atoms with Crippen molar-refractivity contribution in [1.82, 2.24) is 4.72 Å². The van der Waals surface area contributed by atoms with Crippen molar-refractivity contribution < 1.29 is 13.5 Å². The molecule has 0 saturated heterocycles. The summed E-state index contributed by atoms with van der Waals surface area (Å²) in [6.45, 7) is 6.57. The lowest BCUT2D eigenvalue weighted by Gasteiger charge is -2.31. The van der Waals surface area contributed by atoms with E-state index in [4.69, 9.17) is 5.11 Å². The third kappa shape index (κ3) is 5.27. The van der Waals surface area contributed by atoms with Crippen LogP contribution in [0.15, 0.2) is 0 Å². The molecule has 0 aliphatic heterocycles. The molecule has 0 amide bonds.